The van der Waals surface area contributed by atoms with Gasteiger partial charge in [0, 0.05) is 62.5 Å². The molecule has 0 bridgehead atoms. The van der Waals surface area contributed by atoms with E-state index in [1.165, 1.54) is 22.3 Å². The molecule has 8 nitrogen and oxygen atoms in total. The lowest BCUT2D eigenvalue weighted by Crippen LogP contribution is -2.45. The van der Waals surface area contributed by atoms with Gasteiger partial charge in [0.15, 0.2) is 0 Å². The minimum atomic E-state index is -0.0511. The third kappa shape index (κ3) is 8.10. The summed E-state index contributed by atoms with van der Waals surface area (Å²) in [5, 5.41) is 6.24. The summed E-state index contributed by atoms with van der Waals surface area (Å²) in [6, 6.07) is 16.2. The number of fused-ring (bicyclic) bond motifs is 1. The molecule has 1 unspecified atom stereocenters. The first-order valence-electron chi connectivity index (χ1n) is 16.6. The normalized spacial score (nSPS) is 19.1. The molecule has 1 saturated carbocycles. The summed E-state index contributed by atoms with van der Waals surface area (Å²) >= 11 is 0. The van der Waals surface area contributed by atoms with Crippen molar-refractivity contribution in [3.05, 3.63) is 82.5 Å². The predicted octanol–water partition coefficient (Wildman–Crippen LogP) is 5.94. The fourth-order valence-corrected chi connectivity index (χ4v) is 6.31. The number of anilines is 1. The fraction of sp³-hybridized carbons (Fsp3) is 0.486. The van der Waals surface area contributed by atoms with Crippen molar-refractivity contribution in [1.82, 2.24) is 20.1 Å². The van der Waals surface area contributed by atoms with Gasteiger partial charge in [-0.05, 0) is 96.6 Å². The second-order valence-corrected chi connectivity index (χ2v) is 14.0. The Morgan fingerprint density at radius 2 is 1.67 bits per heavy atom. The van der Waals surface area contributed by atoms with Crippen LogP contribution in [-0.4, -0.2) is 65.4 Å². The van der Waals surface area contributed by atoms with Crippen molar-refractivity contribution in [3.8, 4) is 11.5 Å². The van der Waals surface area contributed by atoms with Crippen molar-refractivity contribution >= 4 is 17.6 Å². The Labute approximate surface area is 267 Å². The number of hydrogen-bond acceptors (Lipinski definition) is 6. The number of nitrogens with zero attached hydrogens (tertiary/aromatic N) is 3. The molecule has 2 heterocycles. The van der Waals surface area contributed by atoms with Gasteiger partial charge in [-0.3, -0.25) is 14.5 Å². The zero-order chi connectivity index (χ0) is 31.6. The van der Waals surface area contributed by atoms with Crippen LogP contribution in [0.1, 0.15) is 79.6 Å². The number of amides is 2. The Balaban J connectivity index is 1.11. The van der Waals surface area contributed by atoms with Crippen LogP contribution < -0.4 is 15.4 Å². The van der Waals surface area contributed by atoms with Gasteiger partial charge in [-0.15, -0.1) is 0 Å². The number of benzene rings is 2. The number of pyridine rings is 1. The highest BCUT2D eigenvalue weighted by Crippen LogP contribution is 2.32. The van der Waals surface area contributed by atoms with E-state index in [-0.39, 0.29) is 29.2 Å². The van der Waals surface area contributed by atoms with Crippen LogP contribution in [0.15, 0.2) is 54.7 Å². The van der Waals surface area contributed by atoms with E-state index < -0.39 is 0 Å². The molecule has 2 fully saturated rings. The van der Waals surface area contributed by atoms with Gasteiger partial charge in [0.2, 0.25) is 5.91 Å². The van der Waals surface area contributed by atoms with Crippen LogP contribution in [0.5, 0.6) is 11.5 Å². The second kappa shape index (κ2) is 13.3. The summed E-state index contributed by atoms with van der Waals surface area (Å²) in [6.07, 6.45) is 6.10. The first kappa shape index (κ1) is 31.2. The summed E-state index contributed by atoms with van der Waals surface area (Å²) in [7, 11) is 0. The van der Waals surface area contributed by atoms with Gasteiger partial charge in [0.05, 0.1) is 0 Å². The largest absolute Gasteiger partial charge is 0.457 e. The highest BCUT2D eigenvalue weighted by molar-refractivity contribution is 5.95. The van der Waals surface area contributed by atoms with Crippen molar-refractivity contribution < 1.29 is 14.3 Å². The lowest BCUT2D eigenvalue weighted by atomic mass is 9.84. The number of rotatable bonds is 9. The van der Waals surface area contributed by atoms with E-state index in [0.717, 1.165) is 82.7 Å². The molecule has 3 aliphatic rings. The summed E-state index contributed by atoms with van der Waals surface area (Å²) in [5.74, 6) is 1.99. The minimum Gasteiger partial charge on any atom is -0.457 e. The van der Waals surface area contributed by atoms with Gasteiger partial charge in [-0.2, -0.15) is 0 Å². The molecule has 45 heavy (non-hydrogen) atoms. The molecule has 1 atom stereocenters. The van der Waals surface area contributed by atoms with Crippen LogP contribution in [0.2, 0.25) is 0 Å². The molecule has 0 radical (unpaired) electrons. The number of piperazine rings is 1. The maximum absolute atomic E-state index is 13.7. The number of carbonyl (C=O) groups excluding carboxylic acids is 2. The Hall–Kier alpha value is -3.75. The van der Waals surface area contributed by atoms with Crippen molar-refractivity contribution in [2.75, 3.05) is 38.0 Å². The van der Waals surface area contributed by atoms with Crippen LogP contribution in [0.25, 0.3) is 0 Å². The molecule has 6 rings (SSSR count). The molecular formula is C37H47N5O3. The van der Waals surface area contributed by atoms with Gasteiger partial charge in [0.1, 0.15) is 17.3 Å². The average Bonchev–Trinajstić information content (AvgIpc) is 3.87. The van der Waals surface area contributed by atoms with Crippen LogP contribution in [0, 0.1) is 5.92 Å². The maximum Gasteiger partial charge on any atom is 0.251 e. The highest BCUT2D eigenvalue weighted by Gasteiger charge is 2.30. The van der Waals surface area contributed by atoms with Gasteiger partial charge in [-0.25, -0.2) is 4.98 Å². The van der Waals surface area contributed by atoms with Crippen molar-refractivity contribution in [3.63, 3.8) is 0 Å². The van der Waals surface area contributed by atoms with Crippen LogP contribution in [-0.2, 0) is 29.6 Å². The standard InChI is InChI=1S/C37H47N5O3/c1-5-41-14-16-42(17-15-41)24-25-18-29(20-30(19-25)37(2,3)4)36(44)39-31-10-8-26-9-11-32(22-28(26)21-31)45-33-12-13-38-34(23-33)40-35(43)27-6-7-27/h9,11-13,18-20,22-23,27,31H,5-8,10,14-17,21,24H2,1-4H3,(H,39,44)(H,38,40,43). The Bertz CT molecular complexity index is 1540. The SMILES string of the molecule is CCN1CCN(Cc2cc(C(=O)NC3CCc4ccc(Oc5ccnc(NC(=O)C6CC6)c5)cc4C3)cc(C(C)(C)C)c2)CC1. The number of likely N-dealkylation sites (N-methyl/N-ethyl adjacent to an activating group) is 1. The van der Waals surface area contributed by atoms with E-state index in [4.69, 9.17) is 4.74 Å². The number of carbonyl (C=O) groups is 2. The van der Waals surface area contributed by atoms with Crippen molar-refractivity contribution in [2.24, 2.45) is 5.92 Å². The number of ether oxygens (including phenoxy) is 1. The van der Waals surface area contributed by atoms with E-state index in [0.29, 0.717) is 11.6 Å². The minimum absolute atomic E-state index is 0.00318. The highest BCUT2D eigenvalue weighted by atomic mass is 16.5. The van der Waals surface area contributed by atoms with Crippen LogP contribution in [0.3, 0.4) is 0 Å². The van der Waals surface area contributed by atoms with E-state index >= 15 is 0 Å². The quantitative estimate of drug-likeness (QED) is 0.312. The molecule has 0 spiro atoms. The van der Waals surface area contributed by atoms with Gasteiger partial charge < -0.3 is 20.3 Å². The number of aryl methyl sites for hydroxylation is 1. The lowest BCUT2D eigenvalue weighted by Gasteiger charge is -2.34. The zero-order valence-corrected chi connectivity index (χ0v) is 27.2. The molecule has 2 N–H and O–H groups in total. The number of hydrogen-bond donors (Lipinski definition) is 2. The van der Waals surface area contributed by atoms with E-state index in [9.17, 15) is 9.59 Å². The molecular weight excluding hydrogens is 562 g/mol. The Kier molecular flexibility index (Phi) is 9.24. The van der Waals surface area contributed by atoms with Crippen LogP contribution >= 0.6 is 0 Å². The smallest absolute Gasteiger partial charge is 0.251 e. The Morgan fingerprint density at radius 3 is 2.40 bits per heavy atom. The summed E-state index contributed by atoms with van der Waals surface area (Å²) in [6.45, 7) is 15.1. The fourth-order valence-electron chi connectivity index (χ4n) is 6.31. The van der Waals surface area contributed by atoms with E-state index in [1.54, 1.807) is 18.3 Å². The molecule has 2 amide bonds. The third-order valence-corrected chi connectivity index (χ3v) is 9.35. The number of nitrogens with one attached hydrogen (secondary N) is 2. The van der Waals surface area contributed by atoms with Gasteiger partial charge in [-0.1, -0.05) is 39.8 Å². The predicted molar refractivity (Wildman–Crippen MR) is 178 cm³/mol. The van der Waals surface area contributed by atoms with Gasteiger partial charge in [0.25, 0.3) is 5.91 Å². The molecule has 3 aromatic rings. The Morgan fingerprint density at radius 1 is 0.911 bits per heavy atom. The zero-order valence-electron chi connectivity index (χ0n) is 27.2. The van der Waals surface area contributed by atoms with Gasteiger partial charge >= 0.3 is 0 Å². The lowest BCUT2D eigenvalue weighted by molar-refractivity contribution is -0.117. The number of aromatic nitrogens is 1. The van der Waals surface area contributed by atoms with E-state index in [2.05, 4.69) is 83.4 Å². The molecule has 1 saturated heterocycles. The van der Waals surface area contributed by atoms with Crippen LogP contribution in [0.4, 0.5) is 5.82 Å². The summed E-state index contributed by atoms with van der Waals surface area (Å²) < 4.78 is 6.18. The molecule has 8 heteroatoms. The maximum atomic E-state index is 13.7. The molecule has 1 aromatic heterocycles. The monoisotopic (exact) mass is 609 g/mol. The summed E-state index contributed by atoms with van der Waals surface area (Å²) in [5.41, 5.74) is 5.58. The average molecular weight is 610 g/mol. The topological polar surface area (TPSA) is 86.8 Å². The van der Waals surface area contributed by atoms with Crippen molar-refractivity contribution in [1.29, 1.82) is 0 Å². The molecule has 2 aromatic carbocycles. The second-order valence-electron chi connectivity index (χ2n) is 14.0. The molecule has 1 aliphatic heterocycles. The third-order valence-electron chi connectivity index (χ3n) is 9.35. The van der Waals surface area contributed by atoms with E-state index in [1.807, 2.05) is 6.07 Å². The first-order chi connectivity index (χ1) is 21.6. The molecule has 2 aliphatic carbocycles. The first-order valence-corrected chi connectivity index (χ1v) is 16.6. The molecule has 238 valence electrons. The summed E-state index contributed by atoms with van der Waals surface area (Å²) in [4.78, 5) is 35.1. The van der Waals surface area contributed by atoms with Crippen molar-refractivity contribution in [2.45, 2.75) is 77.8 Å².